The van der Waals surface area contributed by atoms with Gasteiger partial charge in [-0.25, -0.2) is 0 Å². The molecule has 1 aromatic rings. The average Bonchev–Trinajstić information content (AvgIpc) is 2.59. The number of halogens is 2. The van der Waals surface area contributed by atoms with Crippen molar-refractivity contribution < 1.29 is 9.59 Å². The Labute approximate surface area is 133 Å². The Balaban J connectivity index is 2.06. The molecule has 1 aromatic heterocycles. The van der Waals surface area contributed by atoms with Gasteiger partial charge in [-0.1, -0.05) is 0 Å². The van der Waals surface area contributed by atoms with Crippen LogP contribution in [0.15, 0.2) is 14.3 Å². The second-order valence-electron chi connectivity index (χ2n) is 4.38. The Morgan fingerprint density at radius 1 is 1.16 bits per heavy atom. The van der Waals surface area contributed by atoms with E-state index >= 15 is 0 Å². The summed E-state index contributed by atoms with van der Waals surface area (Å²) in [5.41, 5.74) is 0. The maximum Gasteiger partial charge on any atom is 0.264 e. The van der Waals surface area contributed by atoms with E-state index in [0.717, 1.165) is 26.1 Å². The molecule has 19 heavy (non-hydrogen) atoms. The highest BCUT2D eigenvalue weighted by Gasteiger charge is 2.23. The largest absolute Gasteiger partial charge is 0.341 e. The van der Waals surface area contributed by atoms with Crippen molar-refractivity contribution >= 4 is 55.0 Å². The van der Waals surface area contributed by atoms with Crippen LogP contribution < -0.4 is 0 Å². The maximum atomic E-state index is 12.4. The summed E-state index contributed by atoms with van der Waals surface area (Å²) in [6.45, 7) is 4.23. The molecule has 0 unspecified atom stereocenters. The number of hydrogen-bond donors (Lipinski definition) is 0. The van der Waals surface area contributed by atoms with Crippen LogP contribution in [0.2, 0.25) is 0 Å². The van der Waals surface area contributed by atoms with Crippen molar-refractivity contribution in [2.24, 2.45) is 0 Å². The number of hydrogen-bond acceptors (Lipinski definition) is 3. The molecule has 0 aliphatic carbocycles. The molecule has 1 aliphatic rings. The molecule has 0 atom stereocenters. The van der Waals surface area contributed by atoms with Gasteiger partial charge in [-0.05, 0) is 44.3 Å². The first-order chi connectivity index (χ1) is 8.99. The fraction of sp³-hybridized carbons (Fsp3) is 0.500. The van der Waals surface area contributed by atoms with E-state index in [9.17, 15) is 9.59 Å². The van der Waals surface area contributed by atoms with Crippen molar-refractivity contribution in [2.45, 2.75) is 13.3 Å². The lowest BCUT2D eigenvalue weighted by Crippen LogP contribution is -2.36. The fourth-order valence-corrected chi connectivity index (χ4v) is 4.05. The number of amides is 2. The summed E-state index contributed by atoms with van der Waals surface area (Å²) in [5.74, 6) is 0.123. The van der Waals surface area contributed by atoms with Gasteiger partial charge >= 0.3 is 0 Å². The minimum atomic E-state index is 0.0433. The molecule has 0 radical (unpaired) electrons. The van der Waals surface area contributed by atoms with E-state index < -0.39 is 0 Å². The maximum absolute atomic E-state index is 12.4. The quantitative estimate of drug-likeness (QED) is 0.715. The zero-order valence-electron chi connectivity index (χ0n) is 10.5. The molecule has 2 heterocycles. The summed E-state index contributed by atoms with van der Waals surface area (Å²) < 4.78 is 1.83. The highest BCUT2D eigenvalue weighted by Crippen LogP contribution is 2.33. The Hall–Kier alpha value is -0.400. The first-order valence-electron chi connectivity index (χ1n) is 5.98. The summed E-state index contributed by atoms with van der Waals surface area (Å²) in [6.07, 6.45) is 0.832. The van der Waals surface area contributed by atoms with Gasteiger partial charge in [0.25, 0.3) is 5.91 Å². The van der Waals surface area contributed by atoms with Gasteiger partial charge in [0.2, 0.25) is 5.91 Å². The molecule has 1 saturated heterocycles. The van der Waals surface area contributed by atoms with Crippen LogP contribution in [0.3, 0.4) is 0 Å². The summed E-state index contributed by atoms with van der Waals surface area (Å²) >= 11 is 8.22. The summed E-state index contributed by atoms with van der Waals surface area (Å²) in [5, 5.41) is 0. The van der Waals surface area contributed by atoms with Gasteiger partial charge in [0.1, 0.15) is 0 Å². The number of nitrogens with zero attached hydrogens (tertiary/aromatic N) is 2. The molecule has 0 bridgehead atoms. The van der Waals surface area contributed by atoms with Crippen LogP contribution in [-0.2, 0) is 4.79 Å². The Kier molecular flexibility index (Phi) is 5.03. The van der Waals surface area contributed by atoms with Gasteiger partial charge < -0.3 is 9.80 Å². The number of carbonyl (C=O) groups excluding carboxylic acids is 2. The van der Waals surface area contributed by atoms with Crippen LogP contribution in [0.25, 0.3) is 0 Å². The van der Waals surface area contributed by atoms with E-state index in [-0.39, 0.29) is 11.8 Å². The fourth-order valence-electron chi connectivity index (χ4n) is 2.04. The molecule has 0 N–H and O–H groups in total. The average molecular weight is 410 g/mol. The zero-order chi connectivity index (χ0) is 14.0. The molecule has 2 amide bonds. The number of rotatable bonds is 1. The van der Waals surface area contributed by atoms with Crippen molar-refractivity contribution in [1.29, 1.82) is 0 Å². The van der Waals surface area contributed by atoms with Gasteiger partial charge in [-0.15, -0.1) is 11.3 Å². The lowest BCUT2D eigenvalue weighted by molar-refractivity contribution is -0.128. The van der Waals surface area contributed by atoms with Crippen molar-refractivity contribution in [1.82, 2.24) is 9.80 Å². The van der Waals surface area contributed by atoms with Crippen LogP contribution in [0.5, 0.6) is 0 Å². The summed E-state index contributed by atoms with van der Waals surface area (Å²) in [4.78, 5) is 28.1. The van der Waals surface area contributed by atoms with E-state index in [1.165, 1.54) is 11.3 Å². The Bertz CT molecular complexity index is 484. The third-order valence-electron chi connectivity index (χ3n) is 3.08. The normalized spacial score (nSPS) is 16.4. The van der Waals surface area contributed by atoms with E-state index in [0.29, 0.717) is 19.6 Å². The first kappa shape index (κ1) is 15.0. The third-order valence-corrected chi connectivity index (χ3v) is 6.33. The number of carbonyl (C=O) groups is 2. The molecule has 104 valence electrons. The monoisotopic (exact) mass is 408 g/mol. The van der Waals surface area contributed by atoms with Crippen molar-refractivity contribution in [3.63, 3.8) is 0 Å². The van der Waals surface area contributed by atoms with E-state index in [1.54, 1.807) is 11.8 Å². The first-order valence-corrected chi connectivity index (χ1v) is 8.39. The molecule has 1 aliphatic heterocycles. The molecule has 2 rings (SSSR count). The second kappa shape index (κ2) is 6.37. The SMILES string of the molecule is CC(=O)N1CCCN(C(=O)c2cc(Br)c(Br)s2)CC1. The standard InChI is InChI=1S/C12H14Br2N2O2S/c1-8(17)15-3-2-4-16(6-5-15)12(18)10-7-9(13)11(14)19-10/h7H,2-6H2,1H3. The van der Waals surface area contributed by atoms with E-state index in [1.807, 2.05) is 11.0 Å². The van der Waals surface area contributed by atoms with Crippen LogP contribution in [0.1, 0.15) is 23.0 Å². The van der Waals surface area contributed by atoms with E-state index in [2.05, 4.69) is 31.9 Å². The lowest BCUT2D eigenvalue weighted by atomic mass is 10.3. The minimum absolute atomic E-state index is 0.0433. The zero-order valence-corrected chi connectivity index (χ0v) is 14.5. The molecule has 1 fully saturated rings. The Morgan fingerprint density at radius 3 is 2.37 bits per heavy atom. The van der Waals surface area contributed by atoms with E-state index in [4.69, 9.17) is 0 Å². The van der Waals surface area contributed by atoms with Gasteiger partial charge in [-0.3, -0.25) is 9.59 Å². The van der Waals surface area contributed by atoms with Gasteiger partial charge in [-0.2, -0.15) is 0 Å². The number of thiophene rings is 1. The predicted molar refractivity (Wildman–Crippen MR) is 82.5 cm³/mol. The Morgan fingerprint density at radius 2 is 1.79 bits per heavy atom. The summed E-state index contributed by atoms with van der Waals surface area (Å²) in [7, 11) is 0. The van der Waals surface area contributed by atoms with Crippen LogP contribution in [0, 0.1) is 0 Å². The highest BCUT2D eigenvalue weighted by molar-refractivity contribution is 9.13. The molecule has 4 nitrogen and oxygen atoms in total. The van der Waals surface area contributed by atoms with Crippen molar-refractivity contribution in [3.05, 3.63) is 19.2 Å². The molecular formula is C12H14Br2N2O2S. The van der Waals surface area contributed by atoms with Crippen LogP contribution in [0.4, 0.5) is 0 Å². The van der Waals surface area contributed by atoms with Gasteiger partial charge in [0.15, 0.2) is 0 Å². The second-order valence-corrected chi connectivity index (χ2v) is 7.61. The topological polar surface area (TPSA) is 40.6 Å². The lowest BCUT2D eigenvalue weighted by Gasteiger charge is -2.20. The van der Waals surface area contributed by atoms with Gasteiger partial charge in [0.05, 0.1) is 8.66 Å². The molecule has 0 aromatic carbocycles. The van der Waals surface area contributed by atoms with Crippen LogP contribution >= 0.6 is 43.2 Å². The highest BCUT2D eigenvalue weighted by atomic mass is 79.9. The molecule has 0 saturated carbocycles. The van der Waals surface area contributed by atoms with Crippen molar-refractivity contribution in [3.8, 4) is 0 Å². The molecular weight excluding hydrogens is 396 g/mol. The van der Waals surface area contributed by atoms with Crippen molar-refractivity contribution in [2.75, 3.05) is 26.2 Å². The predicted octanol–water partition coefficient (Wildman–Crippen LogP) is 2.97. The molecule has 7 heteroatoms. The van der Waals surface area contributed by atoms with Gasteiger partial charge in [0, 0.05) is 37.6 Å². The smallest absolute Gasteiger partial charge is 0.264 e. The van der Waals surface area contributed by atoms with Crippen LogP contribution in [-0.4, -0.2) is 47.8 Å². The molecule has 0 spiro atoms. The third kappa shape index (κ3) is 3.58. The minimum Gasteiger partial charge on any atom is -0.341 e. The summed E-state index contributed by atoms with van der Waals surface area (Å²) in [6, 6.07) is 1.84.